The zero-order chi connectivity index (χ0) is 13.4. The van der Waals surface area contributed by atoms with Crippen LogP contribution < -0.4 is 4.90 Å². The van der Waals surface area contributed by atoms with Gasteiger partial charge in [0.25, 0.3) is 0 Å². The fourth-order valence-corrected chi connectivity index (χ4v) is 2.68. The predicted molar refractivity (Wildman–Crippen MR) is 77.7 cm³/mol. The van der Waals surface area contributed by atoms with Gasteiger partial charge in [0, 0.05) is 24.5 Å². The molecule has 2 aromatic rings. The second kappa shape index (κ2) is 4.70. The molecule has 19 heavy (non-hydrogen) atoms. The summed E-state index contributed by atoms with van der Waals surface area (Å²) >= 11 is 0. The van der Waals surface area contributed by atoms with E-state index in [0.717, 1.165) is 29.7 Å². The first-order valence-electron chi connectivity index (χ1n) is 6.63. The maximum Gasteiger partial charge on any atom is 0.116 e. The van der Waals surface area contributed by atoms with E-state index in [2.05, 4.69) is 34.9 Å². The van der Waals surface area contributed by atoms with E-state index in [1.54, 1.807) is 12.1 Å². The zero-order valence-corrected chi connectivity index (χ0v) is 11.4. The van der Waals surface area contributed by atoms with Crippen molar-refractivity contribution in [3.63, 3.8) is 0 Å². The Balaban J connectivity index is 1.89. The maximum atomic E-state index is 9.55. The van der Waals surface area contributed by atoms with E-state index in [4.69, 9.17) is 0 Å². The minimum atomic E-state index is 0.291. The average molecular weight is 257 g/mol. The second-order valence-corrected chi connectivity index (χ2v) is 5.42. The number of fused-ring (bicyclic) bond motifs is 1. The molecule has 0 radical (unpaired) electrons. The fraction of sp³-hybridized carbons (Fsp3) is 0.400. The topological polar surface area (TPSA) is 39.6 Å². The Bertz CT molecular complexity index is 597. The van der Waals surface area contributed by atoms with Crippen LogP contribution in [0, 0.1) is 0 Å². The fourth-order valence-electron chi connectivity index (χ4n) is 2.68. The SMILES string of the molecule is CN(C)C1CCN(c2cnc3ccc(O)cc3c2)C1. The molecule has 0 aliphatic carbocycles. The van der Waals surface area contributed by atoms with Gasteiger partial charge in [-0.3, -0.25) is 4.98 Å². The summed E-state index contributed by atoms with van der Waals surface area (Å²) in [6.07, 6.45) is 3.11. The molecule has 1 N–H and O–H groups in total. The lowest BCUT2D eigenvalue weighted by atomic mass is 10.2. The van der Waals surface area contributed by atoms with Gasteiger partial charge in [-0.1, -0.05) is 0 Å². The molecule has 1 saturated heterocycles. The molecule has 1 aliphatic heterocycles. The van der Waals surface area contributed by atoms with Crippen molar-refractivity contribution in [2.45, 2.75) is 12.5 Å². The first-order chi connectivity index (χ1) is 9.13. The lowest BCUT2D eigenvalue weighted by molar-refractivity contribution is 0.315. The Morgan fingerprint density at radius 2 is 2.16 bits per heavy atom. The van der Waals surface area contributed by atoms with Crippen LogP contribution >= 0.6 is 0 Å². The first-order valence-corrected chi connectivity index (χ1v) is 6.63. The smallest absolute Gasteiger partial charge is 0.116 e. The molecule has 1 aliphatic rings. The summed E-state index contributed by atoms with van der Waals surface area (Å²) in [5.74, 6) is 0.291. The van der Waals surface area contributed by atoms with Gasteiger partial charge in [-0.15, -0.1) is 0 Å². The van der Waals surface area contributed by atoms with Crippen molar-refractivity contribution in [3.05, 3.63) is 30.5 Å². The molecule has 1 aromatic carbocycles. The van der Waals surface area contributed by atoms with E-state index >= 15 is 0 Å². The lowest BCUT2D eigenvalue weighted by Gasteiger charge is -2.21. The predicted octanol–water partition coefficient (Wildman–Crippen LogP) is 2.08. The molecule has 0 saturated carbocycles. The quantitative estimate of drug-likeness (QED) is 0.894. The van der Waals surface area contributed by atoms with E-state index in [1.807, 2.05) is 12.3 Å². The van der Waals surface area contributed by atoms with E-state index < -0.39 is 0 Å². The van der Waals surface area contributed by atoms with Crippen LogP contribution in [0.5, 0.6) is 5.75 Å². The Hall–Kier alpha value is -1.81. The number of phenols is 1. The molecule has 100 valence electrons. The summed E-state index contributed by atoms with van der Waals surface area (Å²) in [5.41, 5.74) is 2.06. The summed E-state index contributed by atoms with van der Waals surface area (Å²) in [4.78, 5) is 9.11. The molecule has 3 rings (SSSR count). The highest BCUT2D eigenvalue weighted by molar-refractivity contribution is 5.83. The Kier molecular flexibility index (Phi) is 3.03. The van der Waals surface area contributed by atoms with Crippen LogP contribution in [0.1, 0.15) is 6.42 Å². The number of phenolic OH excluding ortho intramolecular Hbond substituents is 1. The van der Waals surface area contributed by atoms with E-state index in [9.17, 15) is 5.11 Å². The van der Waals surface area contributed by atoms with Gasteiger partial charge in [-0.25, -0.2) is 0 Å². The number of likely N-dealkylation sites (N-methyl/N-ethyl adjacent to an activating group) is 1. The van der Waals surface area contributed by atoms with Crippen LogP contribution in [0.3, 0.4) is 0 Å². The van der Waals surface area contributed by atoms with Gasteiger partial charge in [0.15, 0.2) is 0 Å². The van der Waals surface area contributed by atoms with Gasteiger partial charge in [0.1, 0.15) is 5.75 Å². The van der Waals surface area contributed by atoms with Crippen LogP contribution in [0.2, 0.25) is 0 Å². The number of benzene rings is 1. The summed E-state index contributed by atoms with van der Waals surface area (Å²) in [7, 11) is 4.26. The van der Waals surface area contributed by atoms with Crippen molar-refractivity contribution in [1.82, 2.24) is 9.88 Å². The van der Waals surface area contributed by atoms with Gasteiger partial charge in [0.2, 0.25) is 0 Å². The minimum Gasteiger partial charge on any atom is -0.508 e. The van der Waals surface area contributed by atoms with Gasteiger partial charge >= 0.3 is 0 Å². The molecule has 1 aromatic heterocycles. The lowest BCUT2D eigenvalue weighted by Crippen LogP contribution is -2.31. The van der Waals surface area contributed by atoms with E-state index in [1.165, 1.54) is 6.42 Å². The number of aromatic hydroxyl groups is 1. The van der Waals surface area contributed by atoms with Crippen molar-refractivity contribution >= 4 is 16.6 Å². The molecule has 0 spiro atoms. The molecular formula is C15H19N3O. The third-order valence-electron chi connectivity index (χ3n) is 3.91. The van der Waals surface area contributed by atoms with Gasteiger partial charge < -0.3 is 14.9 Å². The van der Waals surface area contributed by atoms with Crippen LogP contribution in [0.15, 0.2) is 30.5 Å². The Labute approximate surface area is 113 Å². The average Bonchev–Trinajstić information content (AvgIpc) is 2.87. The number of hydrogen-bond acceptors (Lipinski definition) is 4. The van der Waals surface area contributed by atoms with Crippen LogP contribution in [0.25, 0.3) is 10.9 Å². The van der Waals surface area contributed by atoms with Crippen LogP contribution in [-0.2, 0) is 0 Å². The van der Waals surface area contributed by atoms with Crippen molar-refractivity contribution < 1.29 is 5.11 Å². The molecular weight excluding hydrogens is 238 g/mol. The van der Waals surface area contributed by atoms with E-state index in [0.29, 0.717) is 11.8 Å². The minimum absolute atomic E-state index is 0.291. The van der Waals surface area contributed by atoms with Crippen LogP contribution in [0.4, 0.5) is 5.69 Å². The van der Waals surface area contributed by atoms with Crippen molar-refractivity contribution in [1.29, 1.82) is 0 Å². The normalized spacial score (nSPS) is 19.5. The molecule has 1 atom stereocenters. The molecule has 4 heteroatoms. The standard InChI is InChI=1S/C15H19N3O/c1-17(2)12-5-6-18(10-12)13-7-11-8-14(19)3-4-15(11)16-9-13/h3-4,7-9,12,19H,5-6,10H2,1-2H3. The van der Waals surface area contributed by atoms with Crippen molar-refractivity contribution in [3.8, 4) is 5.75 Å². The van der Waals surface area contributed by atoms with Crippen molar-refractivity contribution in [2.75, 3.05) is 32.1 Å². The highest BCUT2D eigenvalue weighted by atomic mass is 16.3. The van der Waals surface area contributed by atoms with E-state index in [-0.39, 0.29) is 0 Å². The monoisotopic (exact) mass is 257 g/mol. The summed E-state index contributed by atoms with van der Waals surface area (Å²) in [5, 5.41) is 10.5. The third kappa shape index (κ3) is 2.36. The first kappa shape index (κ1) is 12.2. The number of aromatic nitrogens is 1. The number of anilines is 1. The Morgan fingerprint density at radius 3 is 2.89 bits per heavy atom. The van der Waals surface area contributed by atoms with Crippen LogP contribution in [-0.4, -0.2) is 48.2 Å². The van der Waals surface area contributed by atoms with Gasteiger partial charge in [-0.2, -0.15) is 0 Å². The highest BCUT2D eigenvalue weighted by Gasteiger charge is 2.24. The molecule has 0 amide bonds. The second-order valence-electron chi connectivity index (χ2n) is 5.42. The highest BCUT2D eigenvalue weighted by Crippen LogP contribution is 2.26. The third-order valence-corrected chi connectivity index (χ3v) is 3.91. The number of rotatable bonds is 2. The molecule has 4 nitrogen and oxygen atoms in total. The number of hydrogen-bond donors (Lipinski definition) is 1. The largest absolute Gasteiger partial charge is 0.508 e. The van der Waals surface area contributed by atoms with Gasteiger partial charge in [-0.05, 0) is 44.8 Å². The number of nitrogens with zero attached hydrogens (tertiary/aromatic N) is 3. The maximum absolute atomic E-state index is 9.55. The summed E-state index contributed by atoms with van der Waals surface area (Å²) in [6.45, 7) is 2.11. The summed E-state index contributed by atoms with van der Waals surface area (Å²) < 4.78 is 0. The number of pyridine rings is 1. The summed E-state index contributed by atoms with van der Waals surface area (Å²) in [6, 6.07) is 8.01. The zero-order valence-electron chi connectivity index (χ0n) is 11.4. The molecule has 2 heterocycles. The Morgan fingerprint density at radius 1 is 1.32 bits per heavy atom. The van der Waals surface area contributed by atoms with Crippen molar-refractivity contribution in [2.24, 2.45) is 0 Å². The molecule has 1 unspecified atom stereocenters. The molecule has 0 bridgehead atoms. The molecule has 1 fully saturated rings. The van der Waals surface area contributed by atoms with Gasteiger partial charge in [0.05, 0.1) is 17.4 Å².